The summed E-state index contributed by atoms with van der Waals surface area (Å²) < 4.78 is 46.3. The fourth-order valence-corrected chi connectivity index (χ4v) is 10.2. The molecule has 4 fully saturated rings. The first kappa shape index (κ1) is 41.3. The number of allylic oxidation sites excluding steroid dienone is 1. The van der Waals surface area contributed by atoms with Gasteiger partial charge in [-0.15, -0.1) is 6.58 Å². The molecule has 14 nitrogen and oxygen atoms in total. The van der Waals surface area contributed by atoms with Gasteiger partial charge in [-0.1, -0.05) is 74.7 Å². The number of aromatic nitrogens is 1. The van der Waals surface area contributed by atoms with Crippen LogP contribution in [-0.4, -0.2) is 91.4 Å². The Balaban J connectivity index is 1.19. The highest BCUT2D eigenvalue weighted by Gasteiger charge is 2.62. The van der Waals surface area contributed by atoms with E-state index in [-0.39, 0.29) is 37.8 Å². The lowest BCUT2D eigenvalue weighted by Gasteiger charge is -2.34. The maximum absolute atomic E-state index is 15.0. The average molecular weight is 840 g/mol. The first-order valence-corrected chi connectivity index (χ1v) is 22.6. The molecule has 2 aromatic carbocycles. The van der Waals surface area contributed by atoms with Gasteiger partial charge >= 0.3 is 6.09 Å². The van der Waals surface area contributed by atoms with Crippen LogP contribution in [0.3, 0.4) is 0 Å². The second-order valence-electron chi connectivity index (χ2n) is 17.0. The summed E-state index contributed by atoms with van der Waals surface area (Å²) in [6.07, 6.45) is 9.97. The highest BCUT2D eigenvalue weighted by Crippen LogP contribution is 2.46. The van der Waals surface area contributed by atoms with Gasteiger partial charge in [-0.3, -0.25) is 19.1 Å². The molecule has 1 saturated heterocycles. The summed E-state index contributed by atoms with van der Waals surface area (Å²) in [5.74, 6) is -1.59. The number of nitrogens with one attached hydrogen (secondary N) is 3. The smallest absolute Gasteiger partial charge is 0.407 e. The highest BCUT2D eigenvalue weighted by atomic mass is 32.2. The summed E-state index contributed by atoms with van der Waals surface area (Å²) >= 11 is 0. The Kier molecular flexibility index (Phi) is 11.6. The molecule has 6 atom stereocenters. The van der Waals surface area contributed by atoms with Gasteiger partial charge in [-0.2, -0.15) is 0 Å². The monoisotopic (exact) mass is 839 g/mol. The molecule has 15 heteroatoms. The van der Waals surface area contributed by atoms with Gasteiger partial charge in [0.15, 0.2) is 0 Å². The minimum Gasteiger partial charge on any atom is -0.496 e. The number of cyclic esters (lactones) is 1. The van der Waals surface area contributed by atoms with Crippen LogP contribution in [0.2, 0.25) is 0 Å². The van der Waals surface area contributed by atoms with Crippen LogP contribution in [0.15, 0.2) is 67.3 Å². The number of rotatable bonds is 9. The Morgan fingerprint density at radius 2 is 1.83 bits per heavy atom. The molecule has 3 N–H and O–H groups in total. The van der Waals surface area contributed by atoms with E-state index in [1.54, 1.807) is 7.11 Å². The number of carbonyl (C=O) groups excluding carboxylic acids is 4. The Hall–Kier alpha value is -5.44. The van der Waals surface area contributed by atoms with Crippen LogP contribution in [0.4, 0.5) is 4.79 Å². The van der Waals surface area contributed by atoms with E-state index in [2.05, 4.69) is 21.9 Å². The van der Waals surface area contributed by atoms with Crippen molar-refractivity contribution in [2.45, 2.75) is 100 Å². The van der Waals surface area contributed by atoms with Crippen molar-refractivity contribution in [3.05, 3.63) is 72.8 Å². The summed E-state index contributed by atoms with van der Waals surface area (Å²) in [6, 6.07) is 13.2. The van der Waals surface area contributed by atoms with Crippen molar-refractivity contribution >= 4 is 50.8 Å². The van der Waals surface area contributed by atoms with Crippen molar-refractivity contribution in [2.75, 3.05) is 20.3 Å². The number of nitrogens with zero attached hydrogens (tertiary/aromatic N) is 2. The molecule has 4 bridgehead atoms. The lowest BCUT2D eigenvalue weighted by atomic mass is 9.83. The molecule has 3 saturated carbocycles. The predicted molar refractivity (Wildman–Crippen MR) is 225 cm³/mol. The van der Waals surface area contributed by atoms with Crippen LogP contribution in [0.5, 0.6) is 11.5 Å². The molecular weight excluding hydrogens is 787 g/mol. The number of alkyl carbamates (subject to hydrolysis) is 1. The number of amides is 4. The van der Waals surface area contributed by atoms with Crippen LogP contribution in [0, 0.1) is 17.8 Å². The molecule has 3 heterocycles. The zero-order chi connectivity index (χ0) is 42.2. The summed E-state index contributed by atoms with van der Waals surface area (Å²) in [5.41, 5.74) is 1.35. The summed E-state index contributed by atoms with van der Waals surface area (Å²) in [4.78, 5) is 63.2. The minimum atomic E-state index is -3.92. The Bertz CT molecular complexity index is 2310. The van der Waals surface area contributed by atoms with Crippen molar-refractivity contribution in [1.82, 2.24) is 25.2 Å². The number of pyridine rings is 1. The second-order valence-corrected chi connectivity index (χ2v) is 19.0. The van der Waals surface area contributed by atoms with Gasteiger partial charge in [0.1, 0.15) is 35.2 Å². The molecule has 1 unspecified atom stereocenters. The molecule has 318 valence electrons. The van der Waals surface area contributed by atoms with Crippen molar-refractivity contribution in [2.24, 2.45) is 17.8 Å². The standard InChI is InChI=1S/C45H53N5O9S/c1-4-31-24-45(31,43(53)49-60(55,56)33-18-19-33)48-41(51)37-21-32-25-50(37)42(52)40(29-15-9-6-10-16-29)47-44(54)58-26-27(2)12-11-17-30-20-34-36(23-38(30)57-3)46-35(22-39(34)59-32)28-13-7-5-8-14-28/h4-5,7-8,11,13-14,17,20,22-23,27,29,31-33,37,40H,1,6,9-10,12,15-16,18-19,21,24-26H2,2-3H3,(H,47,54)(H,48,51)(H,49,53)/b17-11+/t27?,31-,32+,37-,40-,45+/m0/s1. The normalized spacial score (nSPS) is 28.0. The van der Waals surface area contributed by atoms with Crippen molar-refractivity contribution in [1.29, 1.82) is 0 Å². The molecule has 0 radical (unpaired) electrons. The lowest BCUT2D eigenvalue weighted by Crippen LogP contribution is -2.59. The van der Waals surface area contributed by atoms with Gasteiger partial charge in [0.2, 0.25) is 21.8 Å². The van der Waals surface area contributed by atoms with Gasteiger partial charge in [0.05, 0.1) is 36.7 Å². The number of hydrogen-bond donors (Lipinski definition) is 3. The predicted octanol–water partition coefficient (Wildman–Crippen LogP) is 5.66. The van der Waals surface area contributed by atoms with Crippen LogP contribution >= 0.6 is 0 Å². The van der Waals surface area contributed by atoms with E-state index in [9.17, 15) is 27.6 Å². The third-order valence-electron chi connectivity index (χ3n) is 12.6. The van der Waals surface area contributed by atoms with Gasteiger partial charge < -0.3 is 29.7 Å². The third-order valence-corrected chi connectivity index (χ3v) is 14.4. The average Bonchev–Trinajstić information content (AvgIpc) is 4.18. The number of methoxy groups -OCH3 is 1. The first-order chi connectivity index (χ1) is 28.9. The number of fused-ring (bicyclic) bond motifs is 3. The van der Waals surface area contributed by atoms with Crippen LogP contribution in [0.25, 0.3) is 28.2 Å². The van der Waals surface area contributed by atoms with Crippen LogP contribution in [-0.2, 0) is 29.1 Å². The molecule has 0 spiro atoms. The minimum absolute atomic E-state index is 0.0125. The highest BCUT2D eigenvalue weighted by molar-refractivity contribution is 7.91. The van der Waals surface area contributed by atoms with Gasteiger partial charge in [-0.25, -0.2) is 18.2 Å². The van der Waals surface area contributed by atoms with Crippen LogP contribution < -0.4 is 24.8 Å². The van der Waals surface area contributed by atoms with E-state index in [4.69, 9.17) is 19.2 Å². The molecule has 8 rings (SSSR count). The molecule has 5 aliphatic rings. The Morgan fingerprint density at radius 3 is 2.53 bits per heavy atom. The van der Waals surface area contributed by atoms with E-state index in [0.29, 0.717) is 60.2 Å². The number of sulfonamides is 1. The number of benzene rings is 2. The molecule has 1 aromatic heterocycles. The molecule has 2 aliphatic heterocycles. The summed E-state index contributed by atoms with van der Waals surface area (Å²) in [7, 11) is -2.32. The zero-order valence-electron chi connectivity index (χ0n) is 34.1. The van der Waals surface area contributed by atoms with Gasteiger partial charge in [0.25, 0.3) is 5.91 Å². The Morgan fingerprint density at radius 1 is 1.07 bits per heavy atom. The summed E-state index contributed by atoms with van der Waals surface area (Å²) in [5, 5.41) is 5.81. The zero-order valence-corrected chi connectivity index (χ0v) is 34.9. The quantitative estimate of drug-likeness (QED) is 0.228. The van der Waals surface area contributed by atoms with Crippen molar-refractivity contribution in [3.63, 3.8) is 0 Å². The van der Waals surface area contributed by atoms with E-state index < -0.39 is 68.7 Å². The summed E-state index contributed by atoms with van der Waals surface area (Å²) in [6.45, 7) is 5.90. The molecule has 4 amide bonds. The third kappa shape index (κ3) is 8.59. The lowest BCUT2D eigenvalue weighted by molar-refractivity contribution is -0.142. The van der Waals surface area contributed by atoms with Crippen LogP contribution in [0.1, 0.15) is 76.7 Å². The Labute approximate surface area is 350 Å². The van der Waals surface area contributed by atoms with E-state index in [0.717, 1.165) is 30.4 Å². The topological polar surface area (TPSA) is 182 Å². The van der Waals surface area contributed by atoms with Crippen molar-refractivity contribution in [3.8, 4) is 22.8 Å². The van der Waals surface area contributed by atoms with E-state index in [1.165, 1.54) is 11.0 Å². The van der Waals surface area contributed by atoms with E-state index >= 15 is 0 Å². The molecule has 3 aromatic rings. The molecular formula is C45H53N5O9S. The second kappa shape index (κ2) is 16.9. The SMILES string of the molecule is C=C[C@H]1C[C@]1(NC(=O)[C@@H]1C[C@@H]2CN1C(=O)[C@H](C1CCCCC1)NC(=O)OCC(C)C/C=C/c1cc3c(cc(-c4ccccc4)nc3cc1OC)O2)C(=O)NS(=O)(=O)C1CC1. The molecule has 3 aliphatic carbocycles. The first-order valence-electron chi connectivity index (χ1n) is 21.0. The number of carbonyl (C=O) groups is 4. The fraction of sp³-hybridized carbons (Fsp3) is 0.489. The van der Waals surface area contributed by atoms with Crippen molar-refractivity contribution < 1.29 is 41.8 Å². The fourth-order valence-electron chi connectivity index (χ4n) is 8.88. The number of ether oxygens (including phenoxy) is 3. The maximum Gasteiger partial charge on any atom is 0.407 e. The number of hydrogen-bond acceptors (Lipinski definition) is 10. The van der Waals surface area contributed by atoms with Gasteiger partial charge in [0, 0.05) is 41.0 Å². The maximum atomic E-state index is 15.0. The largest absolute Gasteiger partial charge is 0.496 e. The van der Waals surface area contributed by atoms with E-state index in [1.807, 2.05) is 67.6 Å². The van der Waals surface area contributed by atoms with Gasteiger partial charge in [-0.05, 0) is 56.4 Å². The molecule has 60 heavy (non-hydrogen) atoms.